The summed E-state index contributed by atoms with van der Waals surface area (Å²) in [7, 11) is 0. The maximum atomic E-state index is 12.4. The van der Waals surface area contributed by atoms with Crippen LogP contribution in [0.2, 0.25) is 0 Å². The molecular weight excluding hydrogens is 195 g/mol. The second kappa shape index (κ2) is 3.48. The lowest BCUT2D eigenvalue weighted by Gasteiger charge is -2.17. The summed E-state index contributed by atoms with van der Waals surface area (Å²) in [6.07, 6.45) is -4.48. The number of hydrogen-bond acceptors (Lipinski definition) is 1. The van der Waals surface area contributed by atoms with Crippen molar-refractivity contribution in [3.63, 3.8) is 0 Å². The molecule has 0 aliphatic rings. The van der Waals surface area contributed by atoms with Crippen molar-refractivity contribution in [1.29, 1.82) is 0 Å². The fraction of sp³-hybridized carbons (Fsp3) is 0.444. The van der Waals surface area contributed by atoms with Crippen LogP contribution in [0.4, 0.5) is 13.2 Å². The van der Waals surface area contributed by atoms with Gasteiger partial charge in [0.25, 0.3) is 5.56 Å². The lowest BCUT2D eigenvalue weighted by molar-refractivity contribution is -0.144. The van der Waals surface area contributed by atoms with Gasteiger partial charge in [0.15, 0.2) is 0 Å². The molecule has 0 aliphatic heterocycles. The van der Waals surface area contributed by atoms with E-state index in [0.29, 0.717) is 0 Å². The number of halogens is 3. The van der Waals surface area contributed by atoms with Crippen LogP contribution in [0.25, 0.3) is 0 Å². The molecule has 0 aliphatic carbocycles. The number of hydrogen-bond donors (Lipinski definition) is 0. The van der Waals surface area contributed by atoms with Gasteiger partial charge in [0.2, 0.25) is 0 Å². The number of nitrogens with zero attached hydrogens (tertiary/aromatic N) is 1. The lowest BCUT2D eigenvalue weighted by Crippen LogP contribution is -2.28. The van der Waals surface area contributed by atoms with Crippen molar-refractivity contribution in [3.8, 4) is 0 Å². The number of pyridine rings is 1. The van der Waals surface area contributed by atoms with Crippen LogP contribution >= 0.6 is 0 Å². The molecule has 0 bridgehead atoms. The average Bonchev–Trinajstić information content (AvgIpc) is 2.01. The smallest absolute Gasteiger partial charge is 0.302 e. The van der Waals surface area contributed by atoms with Crippen LogP contribution in [0.1, 0.15) is 25.6 Å². The molecule has 0 amide bonds. The molecule has 1 rings (SSSR count). The zero-order chi connectivity index (χ0) is 10.9. The maximum absolute atomic E-state index is 12.4. The molecule has 78 valence electrons. The van der Waals surface area contributed by atoms with Crippen molar-refractivity contribution in [1.82, 2.24) is 4.57 Å². The Morgan fingerprint density at radius 3 is 2.21 bits per heavy atom. The molecule has 0 atom stereocenters. The Labute approximate surface area is 79.0 Å². The third-order valence-electron chi connectivity index (χ3n) is 1.80. The predicted octanol–water partition coefficient (Wildman–Crippen LogP) is 2.45. The highest BCUT2D eigenvalue weighted by Crippen LogP contribution is 2.29. The minimum atomic E-state index is -4.48. The van der Waals surface area contributed by atoms with Crippen LogP contribution in [0.3, 0.4) is 0 Å². The normalized spacial score (nSPS) is 12.1. The van der Waals surface area contributed by atoms with Crippen molar-refractivity contribution in [2.24, 2.45) is 0 Å². The fourth-order valence-corrected chi connectivity index (χ4v) is 1.26. The van der Waals surface area contributed by atoms with E-state index in [1.54, 1.807) is 0 Å². The Bertz CT molecular complexity index is 378. The first-order valence-electron chi connectivity index (χ1n) is 4.13. The number of rotatable bonds is 1. The van der Waals surface area contributed by atoms with Gasteiger partial charge in [0.05, 0.1) is 0 Å². The number of aromatic nitrogens is 1. The highest BCUT2D eigenvalue weighted by atomic mass is 19.4. The Morgan fingerprint density at radius 2 is 1.86 bits per heavy atom. The van der Waals surface area contributed by atoms with Gasteiger partial charge >= 0.3 is 6.18 Å². The zero-order valence-electron chi connectivity index (χ0n) is 7.80. The Balaban J connectivity index is 3.44. The topological polar surface area (TPSA) is 22.0 Å². The minimum absolute atomic E-state index is 0.500. The van der Waals surface area contributed by atoms with Crippen molar-refractivity contribution in [2.75, 3.05) is 0 Å². The van der Waals surface area contributed by atoms with Gasteiger partial charge in [0.1, 0.15) is 5.69 Å². The summed E-state index contributed by atoms with van der Waals surface area (Å²) in [4.78, 5) is 11.2. The first kappa shape index (κ1) is 10.8. The van der Waals surface area contributed by atoms with E-state index < -0.39 is 23.5 Å². The Morgan fingerprint density at radius 1 is 1.29 bits per heavy atom. The van der Waals surface area contributed by atoms with Gasteiger partial charge in [-0.15, -0.1) is 0 Å². The van der Waals surface area contributed by atoms with Gasteiger partial charge in [-0.2, -0.15) is 13.2 Å². The molecule has 0 N–H and O–H groups in total. The van der Waals surface area contributed by atoms with E-state index in [2.05, 4.69) is 0 Å². The number of alkyl halides is 3. The van der Waals surface area contributed by atoms with Gasteiger partial charge in [-0.25, -0.2) is 0 Å². The molecular formula is C9H10F3NO. The van der Waals surface area contributed by atoms with Crippen molar-refractivity contribution in [3.05, 3.63) is 34.2 Å². The minimum Gasteiger partial charge on any atom is -0.302 e. The highest BCUT2D eigenvalue weighted by molar-refractivity contribution is 5.11. The molecule has 0 saturated carbocycles. The second-order valence-corrected chi connectivity index (χ2v) is 3.21. The van der Waals surface area contributed by atoms with Gasteiger partial charge in [0, 0.05) is 12.1 Å². The predicted molar refractivity (Wildman–Crippen MR) is 46.1 cm³/mol. The van der Waals surface area contributed by atoms with Crippen LogP contribution in [-0.2, 0) is 6.18 Å². The van der Waals surface area contributed by atoms with E-state index in [9.17, 15) is 18.0 Å². The molecule has 1 aromatic rings. The van der Waals surface area contributed by atoms with E-state index in [1.165, 1.54) is 13.8 Å². The van der Waals surface area contributed by atoms with Gasteiger partial charge < -0.3 is 4.57 Å². The molecule has 0 radical (unpaired) electrons. The van der Waals surface area contributed by atoms with E-state index >= 15 is 0 Å². The van der Waals surface area contributed by atoms with Gasteiger partial charge in [-0.3, -0.25) is 4.79 Å². The molecule has 14 heavy (non-hydrogen) atoms. The molecule has 0 aromatic carbocycles. The van der Waals surface area contributed by atoms with Crippen molar-refractivity contribution < 1.29 is 13.2 Å². The first-order chi connectivity index (χ1) is 6.34. The molecule has 1 heterocycles. The Hall–Kier alpha value is -1.26. The van der Waals surface area contributed by atoms with Crippen LogP contribution in [-0.4, -0.2) is 4.57 Å². The summed E-state index contributed by atoms with van der Waals surface area (Å²) < 4.78 is 38.0. The SMILES string of the molecule is CC(C)n1c(C(F)(F)F)cccc1=O. The van der Waals surface area contributed by atoms with Crippen molar-refractivity contribution >= 4 is 0 Å². The van der Waals surface area contributed by atoms with Gasteiger partial charge in [-0.1, -0.05) is 6.07 Å². The summed E-state index contributed by atoms with van der Waals surface area (Å²) in [6, 6.07) is 2.64. The molecule has 0 fully saturated rings. The third kappa shape index (κ3) is 1.97. The summed E-state index contributed by atoms with van der Waals surface area (Å²) in [6.45, 7) is 3.08. The third-order valence-corrected chi connectivity index (χ3v) is 1.80. The van der Waals surface area contributed by atoms with Crippen LogP contribution in [0, 0.1) is 0 Å². The summed E-state index contributed by atoms with van der Waals surface area (Å²) in [5.74, 6) is 0. The standard InChI is InChI=1S/C9H10F3NO/c1-6(2)13-7(9(10,11)12)4-3-5-8(13)14/h3-6H,1-2H3. The largest absolute Gasteiger partial charge is 0.431 e. The molecule has 2 nitrogen and oxygen atoms in total. The van der Waals surface area contributed by atoms with Gasteiger partial charge in [-0.05, 0) is 19.9 Å². The Kier molecular flexibility index (Phi) is 2.69. The molecule has 0 saturated heterocycles. The molecule has 5 heteroatoms. The lowest BCUT2D eigenvalue weighted by atomic mass is 10.2. The van der Waals surface area contributed by atoms with Crippen LogP contribution in [0.5, 0.6) is 0 Å². The first-order valence-corrected chi connectivity index (χ1v) is 4.13. The molecule has 1 aromatic heterocycles. The molecule has 0 unspecified atom stereocenters. The highest BCUT2D eigenvalue weighted by Gasteiger charge is 2.34. The van der Waals surface area contributed by atoms with E-state index in [1.807, 2.05) is 0 Å². The maximum Gasteiger partial charge on any atom is 0.431 e. The van der Waals surface area contributed by atoms with Crippen LogP contribution in [0.15, 0.2) is 23.0 Å². The second-order valence-electron chi connectivity index (χ2n) is 3.21. The average molecular weight is 205 g/mol. The summed E-state index contributed by atoms with van der Waals surface area (Å²) >= 11 is 0. The fourth-order valence-electron chi connectivity index (χ4n) is 1.26. The summed E-state index contributed by atoms with van der Waals surface area (Å²) in [5, 5.41) is 0. The quantitative estimate of drug-likeness (QED) is 0.690. The van der Waals surface area contributed by atoms with E-state index in [0.717, 1.165) is 22.8 Å². The van der Waals surface area contributed by atoms with Crippen molar-refractivity contribution in [2.45, 2.75) is 26.1 Å². The summed E-state index contributed by atoms with van der Waals surface area (Å²) in [5.41, 5.74) is -1.53. The van der Waals surface area contributed by atoms with Crippen LogP contribution < -0.4 is 5.56 Å². The molecule has 0 spiro atoms. The zero-order valence-corrected chi connectivity index (χ0v) is 7.80. The van der Waals surface area contributed by atoms with E-state index in [-0.39, 0.29) is 0 Å². The monoisotopic (exact) mass is 205 g/mol. The van der Waals surface area contributed by atoms with E-state index in [4.69, 9.17) is 0 Å².